The van der Waals surface area contributed by atoms with Gasteiger partial charge in [0.2, 0.25) is 0 Å². The van der Waals surface area contributed by atoms with Crippen LogP contribution in [0.25, 0.3) is 0 Å². The molecule has 0 bridgehead atoms. The molecule has 2 aliphatic carbocycles. The standard InChI is InChI=1S/C16H26O4/c1-9(2)15(17)19-8-12-13(11-6-7-11)14(16(18)20-12)10-4-3-5-10/h9-14,16,18H,3-8H2,1-2H3. The summed E-state index contributed by atoms with van der Waals surface area (Å²) >= 11 is 0. The van der Waals surface area contributed by atoms with Crippen molar-refractivity contribution in [2.24, 2.45) is 29.6 Å². The molecule has 4 nitrogen and oxygen atoms in total. The van der Waals surface area contributed by atoms with Gasteiger partial charge in [0.05, 0.1) is 12.0 Å². The van der Waals surface area contributed by atoms with E-state index in [1.807, 2.05) is 13.8 Å². The molecule has 114 valence electrons. The molecule has 0 spiro atoms. The minimum Gasteiger partial charge on any atom is -0.463 e. The zero-order valence-corrected chi connectivity index (χ0v) is 12.5. The molecule has 4 atom stereocenters. The van der Waals surface area contributed by atoms with Crippen molar-refractivity contribution in [3.63, 3.8) is 0 Å². The highest BCUT2D eigenvalue weighted by Crippen LogP contribution is 2.53. The van der Waals surface area contributed by atoms with Crippen molar-refractivity contribution >= 4 is 5.97 Å². The van der Waals surface area contributed by atoms with Crippen LogP contribution in [0.3, 0.4) is 0 Å². The lowest BCUT2D eigenvalue weighted by Crippen LogP contribution is -2.35. The molecule has 0 aromatic rings. The normalized spacial score (nSPS) is 38.0. The molecular weight excluding hydrogens is 256 g/mol. The van der Waals surface area contributed by atoms with E-state index in [2.05, 4.69) is 0 Å². The topological polar surface area (TPSA) is 55.8 Å². The summed E-state index contributed by atoms with van der Waals surface area (Å²) in [5.41, 5.74) is 0. The van der Waals surface area contributed by atoms with E-state index in [4.69, 9.17) is 9.47 Å². The number of hydrogen-bond acceptors (Lipinski definition) is 4. The number of carbonyl (C=O) groups excluding carboxylic acids is 1. The molecule has 4 unspecified atom stereocenters. The SMILES string of the molecule is CC(C)C(=O)OCC1OC(O)C(C2CCC2)C1C1CC1. The molecule has 1 heterocycles. The summed E-state index contributed by atoms with van der Waals surface area (Å²) in [6.07, 6.45) is 5.41. The van der Waals surface area contributed by atoms with Gasteiger partial charge in [-0.25, -0.2) is 0 Å². The molecule has 1 N–H and O–H groups in total. The zero-order valence-electron chi connectivity index (χ0n) is 12.5. The molecule has 4 heteroatoms. The number of aliphatic hydroxyl groups excluding tert-OH is 1. The first kappa shape index (κ1) is 14.3. The molecule has 2 saturated carbocycles. The van der Waals surface area contributed by atoms with E-state index in [-0.39, 0.29) is 23.9 Å². The quantitative estimate of drug-likeness (QED) is 0.786. The lowest BCUT2D eigenvalue weighted by atomic mass is 9.69. The van der Waals surface area contributed by atoms with Crippen molar-refractivity contribution in [2.75, 3.05) is 6.61 Å². The Labute approximate surface area is 120 Å². The summed E-state index contributed by atoms with van der Waals surface area (Å²) in [6, 6.07) is 0. The number of rotatable bonds is 5. The molecule has 0 aromatic carbocycles. The van der Waals surface area contributed by atoms with Crippen LogP contribution >= 0.6 is 0 Å². The van der Waals surface area contributed by atoms with E-state index >= 15 is 0 Å². The first-order chi connectivity index (χ1) is 9.58. The van der Waals surface area contributed by atoms with Gasteiger partial charge in [-0.15, -0.1) is 0 Å². The van der Waals surface area contributed by atoms with Crippen LogP contribution in [0.1, 0.15) is 46.0 Å². The van der Waals surface area contributed by atoms with Crippen LogP contribution < -0.4 is 0 Å². The lowest BCUT2D eigenvalue weighted by molar-refractivity contribution is -0.159. The highest BCUT2D eigenvalue weighted by Gasteiger charge is 2.54. The number of esters is 1. The maximum Gasteiger partial charge on any atom is 0.308 e. The maximum absolute atomic E-state index is 11.6. The molecule has 3 rings (SSSR count). The second-order valence-electron chi connectivity index (χ2n) is 7.03. The third-order valence-corrected chi connectivity index (χ3v) is 5.24. The highest BCUT2D eigenvalue weighted by atomic mass is 16.6. The summed E-state index contributed by atoms with van der Waals surface area (Å²) in [6.45, 7) is 3.98. The molecule has 0 amide bonds. The van der Waals surface area contributed by atoms with Crippen molar-refractivity contribution in [3.8, 4) is 0 Å². The second-order valence-corrected chi connectivity index (χ2v) is 7.03. The Morgan fingerprint density at radius 3 is 2.35 bits per heavy atom. The fourth-order valence-corrected chi connectivity index (χ4v) is 3.75. The molecule has 3 fully saturated rings. The van der Waals surface area contributed by atoms with E-state index in [9.17, 15) is 9.90 Å². The van der Waals surface area contributed by atoms with Gasteiger partial charge in [0.15, 0.2) is 6.29 Å². The smallest absolute Gasteiger partial charge is 0.308 e. The molecule has 20 heavy (non-hydrogen) atoms. The minimum atomic E-state index is -0.659. The predicted molar refractivity (Wildman–Crippen MR) is 73.7 cm³/mol. The zero-order chi connectivity index (χ0) is 14.3. The third-order valence-electron chi connectivity index (χ3n) is 5.24. The van der Waals surface area contributed by atoms with Crippen molar-refractivity contribution in [2.45, 2.75) is 58.3 Å². The summed E-state index contributed by atoms with van der Waals surface area (Å²) in [5.74, 6) is 1.64. The predicted octanol–water partition coefficient (Wildman–Crippen LogP) is 2.35. The van der Waals surface area contributed by atoms with Gasteiger partial charge in [0.25, 0.3) is 0 Å². The van der Waals surface area contributed by atoms with E-state index in [1.54, 1.807) is 0 Å². The van der Waals surface area contributed by atoms with E-state index in [1.165, 1.54) is 32.1 Å². The fourth-order valence-electron chi connectivity index (χ4n) is 3.75. The van der Waals surface area contributed by atoms with Gasteiger partial charge in [-0.1, -0.05) is 20.3 Å². The summed E-state index contributed by atoms with van der Waals surface area (Å²) in [4.78, 5) is 11.6. The number of ether oxygens (including phenoxy) is 2. The van der Waals surface area contributed by atoms with Crippen LogP contribution in [-0.4, -0.2) is 30.1 Å². The van der Waals surface area contributed by atoms with E-state index in [0.29, 0.717) is 24.4 Å². The lowest BCUT2D eigenvalue weighted by Gasteiger charge is -2.36. The van der Waals surface area contributed by atoms with Crippen LogP contribution in [0.15, 0.2) is 0 Å². The van der Waals surface area contributed by atoms with Gasteiger partial charge in [-0.3, -0.25) is 4.79 Å². The molecule has 0 radical (unpaired) electrons. The van der Waals surface area contributed by atoms with Crippen molar-refractivity contribution < 1.29 is 19.4 Å². The number of aliphatic hydroxyl groups is 1. The maximum atomic E-state index is 11.6. The summed E-state index contributed by atoms with van der Waals surface area (Å²) < 4.78 is 11.1. The van der Waals surface area contributed by atoms with Crippen LogP contribution in [0.5, 0.6) is 0 Å². The van der Waals surface area contributed by atoms with Crippen LogP contribution in [0.4, 0.5) is 0 Å². The average Bonchev–Trinajstić information content (AvgIpc) is 3.11. The van der Waals surface area contributed by atoms with E-state index < -0.39 is 6.29 Å². The second kappa shape index (κ2) is 5.64. The highest BCUT2D eigenvalue weighted by molar-refractivity contribution is 5.71. The number of hydrogen-bond donors (Lipinski definition) is 1. The third kappa shape index (κ3) is 2.73. The van der Waals surface area contributed by atoms with Gasteiger partial charge < -0.3 is 14.6 Å². The van der Waals surface area contributed by atoms with Crippen molar-refractivity contribution in [3.05, 3.63) is 0 Å². The van der Waals surface area contributed by atoms with Gasteiger partial charge >= 0.3 is 5.97 Å². The molecule has 3 aliphatic rings. The number of carbonyl (C=O) groups is 1. The summed E-state index contributed by atoms with van der Waals surface area (Å²) in [5, 5.41) is 10.3. The molecule has 1 saturated heterocycles. The fraction of sp³-hybridized carbons (Fsp3) is 0.938. The largest absolute Gasteiger partial charge is 0.463 e. The first-order valence-corrected chi connectivity index (χ1v) is 8.08. The minimum absolute atomic E-state index is 0.106. The Kier molecular flexibility index (Phi) is 4.04. The Bertz CT molecular complexity index is 359. The molecule has 0 aromatic heterocycles. The van der Waals surface area contributed by atoms with Gasteiger partial charge in [0.1, 0.15) is 6.61 Å². The monoisotopic (exact) mass is 282 g/mol. The van der Waals surface area contributed by atoms with E-state index in [0.717, 1.165) is 0 Å². The summed E-state index contributed by atoms with van der Waals surface area (Å²) in [7, 11) is 0. The first-order valence-electron chi connectivity index (χ1n) is 8.08. The Hall–Kier alpha value is -0.610. The Balaban J connectivity index is 1.63. The van der Waals surface area contributed by atoms with Crippen LogP contribution in [-0.2, 0) is 14.3 Å². The van der Waals surface area contributed by atoms with Gasteiger partial charge in [0, 0.05) is 5.92 Å². The van der Waals surface area contributed by atoms with Gasteiger partial charge in [-0.2, -0.15) is 0 Å². The Morgan fingerprint density at radius 1 is 1.20 bits per heavy atom. The van der Waals surface area contributed by atoms with Crippen molar-refractivity contribution in [1.29, 1.82) is 0 Å². The average molecular weight is 282 g/mol. The van der Waals surface area contributed by atoms with Crippen molar-refractivity contribution in [1.82, 2.24) is 0 Å². The molecular formula is C16H26O4. The molecule has 1 aliphatic heterocycles. The van der Waals surface area contributed by atoms with Crippen LogP contribution in [0, 0.1) is 29.6 Å². The Morgan fingerprint density at radius 2 is 1.85 bits per heavy atom. The van der Waals surface area contributed by atoms with Crippen LogP contribution in [0.2, 0.25) is 0 Å². The van der Waals surface area contributed by atoms with Gasteiger partial charge in [-0.05, 0) is 43.4 Å².